The summed E-state index contributed by atoms with van der Waals surface area (Å²) in [5.41, 5.74) is 1.44. The van der Waals surface area contributed by atoms with Gasteiger partial charge in [0.2, 0.25) is 0 Å². The predicted molar refractivity (Wildman–Crippen MR) is 71.4 cm³/mol. The molecule has 1 N–H and O–H groups in total. The third kappa shape index (κ3) is 2.22. The fourth-order valence-corrected chi connectivity index (χ4v) is 2.35. The van der Waals surface area contributed by atoms with E-state index in [0.29, 0.717) is 12.2 Å². The second-order valence-corrected chi connectivity index (χ2v) is 4.60. The van der Waals surface area contributed by atoms with Crippen LogP contribution in [0.1, 0.15) is 11.6 Å². The molecule has 2 aromatic rings. The molecule has 2 aromatic carbocycles. The van der Waals surface area contributed by atoms with Crippen molar-refractivity contribution < 1.29 is 13.6 Å². The van der Waals surface area contributed by atoms with E-state index >= 15 is 0 Å². The van der Waals surface area contributed by atoms with Crippen molar-refractivity contribution in [3.63, 3.8) is 0 Å². The van der Waals surface area contributed by atoms with Crippen LogP contribution in [0.25, 0.3) is 0 Å². The minimum atomic E-state index is -0.355. The summed E-state index contributed by atoms with van der Waals surface area (Å²) in [6.07, 6.45) is 0. The largest absolute Gasteiger partial charge is 0.335 e. The summed E-state index contributed by atoms with van der Waals surface area (Å²) in [6, 6.07) is 11.3. The first kappa shape index (κ1) is 12.6. The molecule has 1 atom stereocenters. The molecule has 0 radical (unpaired) electrons. The summed E-state index contributed by atoms with van der Waals surface area (Å²) < 4.78 is 26.0. The van der Waals surface area contributed by atoms with Crippen LogP contribution in [0.15, 0.2) is 48.5 Å². The molecule has 0 aromatic heterocycles. The molecule has 102 valence electrons. The van der Waals surface area contributed by atoms with Gasteiger partial charge in [0, 0.05) is 12.2 Å². The molecule has 5 heteroatoms. The van der Waals surface area contributed by atoms with E-state index in [0.717, 1.165) is 5.56 Å². The first-order chi connectivity index (χ1) is 9.65. The van der Waals surface area contributed by atoms with Crippen molar-refractivity contribution in [1.82, 2.24) is 5.32 Å². The van der Waals surface area contributed by atoms with Crippen LogP contribution in [0.3, 0.4) is 0 Å². The molecule has 3 rings (SSSR count). The monoisotopic (exact) mass is 274 g/mol. The van der Waals surface area contributed by atoms with Gasteiger partial charge in [-0.15, -0.1) is 0 Å². The topological polar surface area (TPSA) is 32.3 Å². The third-order valence-corrected chi connectivity index (χ3v) is 3.34. The summed E-state index contributed by atoms with van der Waals surface area (Å²) in [6.45, 7) is 0.432. The maximum Gasteiger partial charge on any atom is 0.322 e. The zero-order chi connectivity index (χ0) is 14.1. The third-order valence-electron chi connectivity index (χ3n) is 3.34. The highest BCUT2D eigenvalue weighted by molar-refractivity contribution is 5.95. The van der Waals surface area contributed by atoms with Gasteiger partial charge in [0.1, 0.15) is 11.6 Å². The second kappa shape index (κ2) is 4.92. The van der Waals surface area contributed by atoms with Crippen molar-refractivity contribution in [1.29, 1.82) is 0 Å². The smallest absolute Gasteiger partial charge is 0.322 e. The molecular formula is C15H12F2N2O. The van der Waals surface area contributed by atoms with Crippen LogP contribution in [-0.2, 0) is 0 Å². The Balaban J connectivity index is 1.96. The summed E-state index contributed by atoms with van der Waals surface area (Å²) in [5.74, 6) is -0.675. The summed E-state index contributed by atoms with van der Waals surface area (Å²) in [5, 5.41) is 2.75. The van der Waals surface area contributed by atoms with Crippen LogP contribution in [0.5, 0.6) is 0 Å². The lowest BCUT2D eigenvalue weighted by molar-refractivity contribution is 0.251. The molecule has 3 nitrogen and oxygen atoms in total. The normalized spacial score (nSPS) is 18.2. The molecule has 2 amide bonds. The van der Waals surface area contributed by atoms with Crippen molar-refractivity contribution in [2.45, 2.75) is 6.04 Å². The van der Waals surface area contributed by atoms with Gasteiger partial charge in [-0.2, -0.15) is 0 Å². The predicted octanol–water partition coefficient (Wildman–Crippen LogP) is 3.24. The Hall–Kier alpha value is -2.43. The molecule has 20 heavy (non-hydrogen) atoms. The Morgan fingerprint density at radius 1 is 0.950 bits per heavy atom. The number of carbonyl (C=O) groups excluding carboxylic acids is 1. The number of anilines is 1. The highest BCUT2D eigenvalue weighted by Gasteiger charge is 2.32. The number of urea groups is 1. The molecule has 1 aliphatic rings. The lowest BCUT2D eigenvalue weighted by Gasteiger charge is -2.23. The highest BCUT2D eigenvalue weighted by Crippen LogP contribution is 2.30. The van der Waals surface area contributed by atoms with Crippen molar-refractivity contribution >= 4 is 11.7 Å². The number of halogens is 2. The van der Waals surface area contributed by atoms with Crippen LogP contribution in [-0.4, -0.2) is 12.6 Å². The van der Waals surface area contributed by atoms with Crippen LogP contribution >= 0.6 is 0 Å². The number of nitrogens with one attached hydrogen (secondary N) is 1. The average Bonchev–Trinajstić information content (AvgIpc) is 2.83. The first-order valence-electron chi connectivity index (χ1n) is 6.23. The van der Waals surface area contributed by atoms with Crippen LogP contribution in [0.4, 0.5) is 19.3 Å². The van der Waals surface area contributed by atoms with E-state index in [1.165, 1.54) is 24.3 Å². The van der Waals surface area contributed by atoms with Gasteiger partial charge >= 0.3 is 6.03 Å². The number of amides is 2. The van der Waals surface area contributed by atoms with Crippen molar-refractivity contribution in [3.8, 4) is 0 Å². The van der Waals surface area contributed by atoms with Gasteiger partial charge in [-0.05, 0) is 42.0 Å². The zero-order valence-corrected chi connectivity index (χ0v) is 10.5. The van der Waals surface area contributed by atoms with Gasteiger partial charge in [-0.25, -0.2) is 13.6 Å². The van der Waals surface area contributed by atoms with Gasteiger partial charge < -0.3 is 5.32 Å². The van der Waals surface area contributed by atoms with Crippen LogP contribution < -0.4 is 10.2 Å². The molecule has 1 fully saturated rings. The lowest BCUT2D eigenvalue weighted by atomic mass is 10.1. The van der Waals surface area contributed by atoms with Crippen molar-refractivity contribution in [2.24, 2.45) is 0 Å². The fraction of sp³-hybridized carbons (Fsp3) is 0.133. The quantitative estimate of drug-likeness (QED) is 0.896. The molecule has 0 spiro atoms. The first-order valence-corrected chi connectivity index (χ1v) is 6.23. The Morgan fingerprint density at radius 2 is 1.50 bits per heavy atom. The Morgan fingerprint density at radius 3 is 2.10 bits per heavy atom. The van der Waals surface area contributed by atoms with Gasteiger partial charge in [0.05, 0.1) is 6.04 Å². The van der Waals surface area contributed by atoms with E-state index in [4.69, 9.17) is 0 Å². The molecule has 1 saturated heterocycles. The minimum absolute atomic E-state index is 0.228. The molecule has 0 bridgehead atoms. The van der Waals surface area contributed by atoms with Gasteiger partial charge in [0.25, 0.3) is 0 Å². The molecule has 1 heterocycles. The molecule has 1 aliphatic heterocycles. The van der Waals surface area contributed by atoms with Crippen molar-refractivity contribution in [2.75, 3.05) is 11.4 Å². The highest BCUT2D eigenvalue weighted by atomic mass is 19.1. The SMILES string of the molecule is O=C1NCC(c2ccc(F)cc2)N1c1ccc(F)cc1. The van der Waals surface area contributed by atoms with E-state index in [9.17, 15) is 13.6 Å². The summed E-state index contributed by atoms with van der Waals surface area (Å²) in [4.78, 5) is 13.5. The van der Waals surface area contributed by atoms with E-state index in [1.807, 2.05) is 0 Å². The average molecular weight is 274 g/mol. The van der Waals surface area contributed by atoms with Gasteiger partial charge in [-0.3, -0.25) is 4.90 Å². The van der Waals surface area contributed by atoms with Crippen molar-refractivity contribution in [3.05, 3.63) is 65.7 Å². The fourth-order valence-electron chi connectivity index (χ4n) is 2.35. The Bertz CT molecular complexity index is 625. The van der Waals surface area contributed by atoms with Crippen LogP contribution in [0.2, 0.25) is 0 Å². The van der Waals surface area contributed by atoms with Gasteiger partial charge in [0.15, 0.2) is 0 Å². The number of benzene rings is 2. The second-order valence-electron chi connectivity index (χ2n) is 4.60. The lowest BCUT2D eigenvalue weighted by Crippen LogP contribution is -2.29. The summed E-state index contributed by atoms with van der Waals surface area (Å²) in [7, 11) is 0. The van der Waals surface area contributed by atoms with Crippen LogP contribution in [0, 0.1) is 11.6 Å². The Kier molecular flexibility index (Phi) is 3.10. The maximum atomic E-state index is 13.0. The molecule has 1 unspecified atom stereocenters. The molecule has 0 saturated carbocycles. The van der Waals surface area contributed by atoms with E-state index < -0.39 is 0 Å². The number of carbonyl (C=O) groups is 1. The summed E-state index contributed by atoms with van der Waals surface area (Å²) >= 11 is 0. The van der Waals surface area contributed by atoms with E-state index in [-0.39, 0.29) is 23.7 Å². The number of hydrogen-bond donors (Lipinski definition) is 1. The minimum Gasteiger partial charge on any atom is -0.335 e. The van der Waals surface area contributed by atoms with Gasteiger partial charge in [-0.1, -0.05) is 12.1 Å². The zero-order valence-electron chi connectivity index (χ0n) is 10.5. The molecular weight excluding hydrogens is 262 g/mol. The maximum absolute atomic E-state index is 13.0. The number of rotatable bonds is 2. The standard InChI is InChI=1S/C15H12F2N2O/c16-11-3-1-10(2-4-11)14-9-18-15(20)19(14)13-7-5-12(17)6-8-13/h1-8,14H,9H2,(H,18,20). The van der Waals surface area contributed by atoms with E-state index in [2.05, 4.69) is 5.32 Å². The van der Waals surface area contributed by atoms with E-state index in [1.54, 1.807) is 29.2 Å². The Labute approximate surface area is 114 Å². The number of nitrogens with zero attached hydrogens (tertiary/aromatic N) is 1. The molecule has 0 aliphatic carbocycles. The number of hydrogen-bond acceptors (Lipinski definition) is 1.